The third-order valence-electron chi connectivity index (χ3n) is 5.21. The van der Waals surface area contributed by atoms with Gasteiger partial charge >= 0.3 is 0 Å². The van der Waals surface area contributed by atoms with Crippen LogP contribution in [0.1, 0.15) is 45.4 Å². The maximum absolute atomic E-state index is 9.39. The number of fused-ring (bicyclic) bond motifs is 2. The molecule has 0 spiro atoms. The van der Waals surface area contributed by atoms with Gasteiger partial charge in [-0.3, -0.25) is 4.90 Å². The molecule has 3 nitrogen and oxygen atoms in total. The van der Waals surface area contributed by atoms with Crippen molar-refractivity contribution in [3.8, 4) is 6.07 Å². The van der Waals surface area contributed by atoms with Gasteiger partial charge in [0.1, 0.15) is 0 Å². The van der Waals surface area contributed by atoms with Crippen molar-refractivity contribution < 1.29 is 4.74 Å². The summed E-state index contributed by atoms with van der Waals surface area (Å²) in [5.41, 5.74) is 0. The normalized spacial score (nSPS) is 44.8. The number of nitrogens with zero attached hydrogens (tertiary/aromatic N) is 2. The molecule has 1 aliphatic carbocycles. The fraction of sp³-hybridized carbons (Fsp3) is 0.933. The Morgan fingerprint density at radius 1 is 1.17 bits per heavy atom. The molecular weight excluding hydrogens is 224 g/mol. The summed E-state index contributed by atoms with van der Waals surface area (Å²) in [6.07, 6.45) is 8.20. The molecule has 0 amide bonds. The van der Waals surface area contributed by atoms with Crippen molar-refractivity contribution in [3.05, 3.63) is 0 Å². The second-order valence-electron chi connectivity index (χ2n) is 6.30. The van der Waals surface area contributed by atoms with E-state index in [1.54, 1.807) is 0 Å². The van der Waals surface area contributed by atoms with Crippen LogP contribution in [0.25, 0.3) is 0 Å². The highest BCUT2D eigenvalue weighted by Crippen LogP contribution is 2.37. The number of hydrogen-bond donors (Lipinski definition) is 0. The van der Waals surface area contributed by atoms with Crippen LogP contribution in [0.2, 0.25) is 0 Å². The van der Waals surface area contributed by atoms with Gasteiger partial charge in [0, 0.05) is 19.1 Å². The molecule has 3 aliphatic rings. The molecule has 18 heavy (non-hydrogen) atoms. The summed E-state index contributed by atoms with van der Waals surface area (Å²) in [5.74, 6) is 1.09. The van der Waals surface area contributed by atoms with Crippen LogP contribution in [0.4, 0.5) is 0 Å². The number of ether oxygens (including phenoxy) is 1. The van der Waals surface area contributed by atoms with Crippen LogP contribution in [0.3, 0.4) is 0 Å². The first-order chi connectivity index (χ1) is 8.80. The molecule has 2 bridgehead atoms. The molecule has 3 rings (SSSR count). The first-order valence-electron chi connectivity index (χ1n) is 7.59. The maximum atomic E-state index is 9.39. The summed E-state index contributed by atoms with van der Waals surface area (Å²) in [5, 5.41) is 9.39. The second-order valence-corrected chi connectivity index (χ2v) is 6.30. The Balaban J connectivity index is 1.70. The predicted octanol–water partition coefficient (Wildman–Crippen LogP) is 2.57. The van der Waals surface area contributed by atoms with E-state index in [2.05, 4.69) is 17.9 Å². The third-order valence-corrected chi connectivity index (χ3v) is 5.21. The lowest BCUT2D eigenvalue weighted by Gasteiger charge is -2.43. The summed E-state index contributed by atoms with van der Waals surface area (Å²) in [4.78, 5) is 2.58. The molecule has 3 heteroatoms. The Kier molecular flexibility index (Phi) is 3.59. The molecule has 0 aromatic heterocycles. The van der Waals surface area contributed by atoms with Gasteiger partial charge in [-0.25, -0.2) is 0 Å². The quantitative estimate of drug-likeness (QED) is 0.753. The lowest BCUT2D eigenvalue weighted by molar-refractivity contribution is -0.0660. The summed E-state index contributed by atoms with van der Waals surface area (Å²) >= 11 is 0. The van der Waals surface area contributed by atoms with Gasteiger partial charge in [0.25, 0.3) is 0 Å². The van der Waals surface area contributed by atoms with Crippen molar-refractivity contribution in [3.63, 3.8) is 0 Å². The standard InChI is InChI=1S/C15H24N2O/c1-2-11-3-4-12(8-16)15(7-11)17-9-13-5-6-14(10-17)18-13/h11-15H,2-7,9-10H2,1H3. The number of likely N-dealkylation sites (tertiary alicyclic amines) is 1. The molecule has 5 atom stereocenters. The topological polar surface area (TPSA) is 36.3 Å². The minimum atomic E-state index is 0.255. The van der Waals surface area contributed by atoms with E-state index in [-0.39, 0.29) is 5.92 Å². The second kappa shape index (κ2) is 5.19. The van der Waals surface area contributed by atoms with E-state index in [1.807, 2.05) is 0 Å². The zero-order valence-corrected chi connectivity index (χ0v) is 11.3. The van der Waals surface area contributed by atoms with Crippen molar-refractivity contribution in [1.29, 1.82) is 5.26 Å². The third kappa shape index (κ3) is 2.29. The fourth-order valence-electron chi connectivity index (χ4n) is 4.07. The Morgan fingerprint density at radius 2 is 1.89 bits per heavy atom. The van der Waals surface area contributed by atoms with E-state index in [0.29, 0.717) is 18.2 Å². The number of hydrogen-bond acceptors (Lipinski definition) is 3. The Labute approximate surface area is 110 Å². The summed E-state index contributed by atoms with van der Waals surface area (Å²) in [6, 6.07) is 3.06. The summed E-state index contributed by atoms with van der Waals surface area (Å²) in [6.45, 7) is 4.42. The van der Waals surface area contributed by atoms with Gasteiger partial charge < -0.3 is 4.74 Å². The van der Waals surface area contributed by atoms with Gasteiger partial charge in [0.05, 0.1) is 24.2 Å². The molecule has 1 saturated carbocycles. The Hall–Kier alpha value is -0.590. The summed E-state index contributed by atoms with van der Waals surface area (Å²) in [7, 11) is 0. The number of rotatable bonds is 2. The lowest BCUT2D eigenvalue weighted by atomic mass is 9.77. The van der Waals surface area contributed by atoms with E-state index < -0.39 is 0 Å². The van der Waals surface area contributed by atoms with E-state index in [0.717, 1.165) is 25.4 Å². The molecule has 100 valence electrons. The molecule has 2 saturated heterocycles. The molecule has 0 N–H and O–H groups in total. The Bertz CT molecular complexity index is 326. The molecule has 2 aliphatic heterocycles. The van der Waals surface area contributed by atoms with Gasteiger partial charge in [0.2, 0.25) is 0 Å². The van der Waals surface area contributed by atoms with E-state index in [4.69, 9.17) is 4.74 Å². The smallest absolute Gasteiger partial charge is 0.0707 e. The van der Waals surface area contributed by atoms with Gasteiger partial charge in [-0.15, -0.1) is 0 Å². The van der Waals surface area contributed by atoms with Gasteiger partial charge in [-0.2, -0.15) is 5.26 Å². The number of morpholine rings is 1. The lowest BCUT2D eigenvalue weighted by Crippen LogP contribution is -2.52. The van der Waals surface area contributed by atoms with Crippen LogP contribution >= 0.6 is 0 Å². The summed E-state index contributed by atoms with van der Waals surface area (Å²) < 4.78 is 5.92. The zero-order valence-electron chi connectivity index (χ0n) is 11.3. The molecule has 3 fully saturated rings. The van der Waals surface area contributed by atoms with E-state index in [9.17, 15) is 5.26 Å². The van der Waals surface area contributed by atoms with Crippen LogP contribution in [0, 0.1) is 23.2 Å². The van der Waals surface area contributed by atoms with Crippen molar-refractivity contribution in [2.24, 2.45) is 11.8 Å². The maximum Gasteiger partial charge on any atom is 0.0707 e. The predicted molar refractivity (Wildman–Crippen MR) is 70.0 cm³/mol. The highest BCUT2D eigenvalue weighted by Gasteiger charge is 2.40. The van der Waals surface area contributed by atoms with Crippen molar-refractivity contribution in [2.75, 3.05) is 13.1 Å². The first kappa shape index (κ1) is 12.4. The molecular formula is C15H24N2O. The molecule has 5 unspecified atom stereocenters. The highest BCUT2D eigenvalue weighted by molar-refractivity contribution is 5.00. The fourth-order valence-corrected chi connectivity index (χ4v) is 4.07. The molecule has 0 aromatic rings. The average molecular weight is 248 g/mol. The van der Waals surface area contributed by atoms with Crippen molar-refractivity contribution in [2.45, 2.75) is 63.7 Å². The minimum Gasteiger partial charge on any atom is -0.372 e. The van der Waals surface area contributed by atoms with Crippen molar-refractivity contribution >= 4 is 0 Å². The Morgan fingerprint density at radius 3 is 2.50 bits per heavy atom. The number of nitriles is 1. The van der Waals surface area contributed by atoms with Crippen LogP contribution in [-0.2, 0) is 4.74 Å². The van der Waals surface area contributed by atoms with Crippen LogP contribution in [0.5, 0.6) is 0 Å². The molecule has 2 heterocycles. The van der Waals surface area contributed by atoms with Crippen molar-refractivity contribution in [1.82, 2.24) is 4.90 Å². The zero-order chi connectivity index (χ0) is 12.5. The van der Waals surface area contributed by atoms with Gasteiger partial charge in [0.15, 0.2) is 0 Å². The SMILES string of the molecule is CCC1CCC(C#N)C(N2CC3CCC(C2)O3)C1. The molecule has 0 radical (unpaired) electrons. The van der Waals surface area contributed by atoms with Gasteiger partial charge in [-0.05, 0) is 38.0 Å². The van der Waals surface area contributed by atoms with Crippen LogP contribution < -0.4 is 0 Å². The van der Waals surface area contributed by atoms with Gasteiger partial charge in [-0.1, -0.05) is 13.3 Å². The first-order valence-corrected chi connectivity index (χ1v) is 7.59. The largest absolute Gasteiger partial charge is 0.372 e. The monoisotopic (exact) mass is 248 g/mol. The average Bonchev–Trinajstić information content (AvgIpc) is 2.76. The van der Waals surface area contributed by atoms with E-state index in [1.165, 1.54) is 32.1 Å². The van der Waals surface area contributed by atoms with E-state index >= 15 is 0 Å². The minimum absolute atomic E-state index is 0.255. The van der Waals surface area contributed by atoms with Crippen LogP contribution in [0.15, 0.2) is 0 Å². The highest BCUT2D eigenvalue weighted by atomic mass is 16.5. The van der Waals surface area contributed by atoms with Crippen LogP contribution in [-0.4, -0.2) is 36.2 Å². The molecule has 0 aromatic carbocycles.